The van der Waals surface area contributed by atoms with Crippen LogP contribution in [0, 0.1) is 5.41 Å². The fourth-order valence-corrected chi connectivity index (χ4v) is 4.11. The molecule has 0 spiro atoms. The second-order valence-electron chi connectivity index (χ2n) is 9.87. The summed E-state index contributed by atoms with van der Waals surface area (Å²) in [6.07, 6.45) is -2.35. The summed E-state index contributed by atoms with van der Waals surface area (Å²) in [6, 6.07) is 6.60. The molecule has 1 fully saturated rings. The fourth-order valence-electron chi connectivity index (χ4n) is 4.11. The molecule has 0 bridgehead atoms. The third-order valence-electron chi connectivity index (χ3n) is 5.68. The van der Waals surface area contributed by atoms with Gasteiger partial charge in [0.15, 0.2) is 5.82 Å². The molecule has 3 heterocycles. The molecule has 0 aliphatic carbocycles. The summed E-state index contributed by atoms with van der Waals surface area (Å²) in [5.41, 5.74) is 7.03. The lowest BCUT2D eigenvalue weighted by molar-refractivity contribution is -0.274. The predicted octanol–water partition coefficient (Wildman–Crippen LogP) is 4.69. The summed E-state index contributed by atoms with van der Waals surface area (Å²) < 4.78 is 47.1. The van der Waals surface area contributed by atoms with Crippen LogP contribution >= 0.6 is 0 Å². The number of nitrogen functional groups attached to an aromatic ring is 1. The quantitative estimate of drug-likeness (QED) is 0.318. The Morgan fingerprint density at radius 2 is 1.87 bits per heavy atom. The van der Waals surface area contributed by atoms with Gasteiger partial charge in [0.25, 0.3) is 0 Å². The molecule has 1 amide bonds. The van der Waals surface area contributed by atoms with Crippen molar-refractivity contribution in [2.75, 3.05) is 18.4 Å². The number of piperidine rings is 1. The van der Waals surface area contributed by atoms with Crippen LogP contribution in [0.3, 0.4) is 0 Å². The van der Waals surface area contributed by atoms with Gasteiger partial charge in [-0.05, 0) is 63.9 Å². The second-order valence-corrected chi connectivity index (χ2v) is 9.87. The van der Waals surface area contributed by atoms with E-state index in [4.69, 9.17) is 15.9 Å². The number of nitrogens with one attached hydrogen (secondary N) is 2. The molecular weight excluding hydrogens is 503 g/mol. The number of anilines is 1. The largest absolute Gasteiger partial charge is 0.573 e. The highest BCUT2D eigenvalue weighted by Crippen LogP contribution is 2.30. The number of amides is 1. The Hall–Kier alpha value is -4.16. The summed E-state index contributed by atoms with van der Waals surface area (Å²) in [7, 11) is 0. The second kappa shape index (κ2) is 10.3. The lowest BCUT2D eigenvalue weighted by atomic mass is 10.0. The van der Waals surface area contributed by atoms with Crippen molar-refractivity contribution in [3.05, 3.63) is 42.2 Å². The number of pyridine rings is 1. The van der Waals surface area contributed by atoms with Crippen LogP contribution in [0.15, 0.2) is 36.7 Å². The molecule has 0 radical (unpaired) electrons. The number of hydrogen-bond donors (Lipinski definition) is 3. The zero-order valence-electron chi connectivity index (χ0n) is 21.1. The van der Waals surface area contributed by atoms with Crippen LogP contribution < -0.4 is 15.8 Å². The topological polar surface area (TPSA) is 139 Å². The number of nitrogens with two attached hydrogens (primary N) is 1. The van der Waals surface area contributed by atoms with E-state index >= 15 is 0 Å². The van der Waals surface area contributed by atoms with E-state index in [1.165, 1.54) is 30.6 Å². The van der Waals surface area contributed by atoms with Gasteiger partial charge >= 0.3 is 12.5 Å². The predicted molar refractivity (Wildman–Crippen MR) is 135 cm³/mol. The number of carbonyl (C=O) groups excluding carboxylic acids is 1. The van der Waals surface area contributed by atoms with Crippen LogP contribution in [0.25, 0.3) is 22.3 Å². The summed E-state index contributed by atoms with van der Waals surface area (Å²) >= 11 is 0. The van der Waals surface area contributed by atoms with Gasteiger partial charge in [-0.1, -0.05) is 0 Å². The zero-order chi connectivity index (χ0) is 27.7. The van der Waals surface area contributed by atoms with E-state index in [0.717, 1.165) is 12.8 Å². The lowest BCUT2D eigenvalue weighted by Gasteiger charge is -2.34. The maximum atomic E-state index is 12.6. The maximum Gasteiger partial charge on any atom is 0.573 e. The number of aromatic nitrogens is 3. The first-order valence-corrected chi connectivity index (χ1v) is 11.9. The van der Waals surface area contributed by atoms with Gasteiger partial charge in [0.05, 0.1) is 5.69 Å². The average molecular weight is 532 g/mol. The molecule has 0 unspecified atom stereocenters. The molecule has 10 nitrogen and oxygen atoms in total. The van der Waals surface area contributed by atoms with E-state index in [2.05, 4.69) is 25.0 Å². The Labute approximate surface area is 216 Å². The van der Waals surface area contributed by atoms with Crippen LogP contribution in [0.5, 0.6) is 5.75 Å². The molecule has 1 aromatic carbocycles. The smallest absolute Gasteiger partial charge is 0.444 e. The number of amidine groups is 1. The van der Waals surface area contributed by atoms with E-state index in [1.54, 1.807) is 11.0 Å². The van der Waals surface area contributed by atoms with Gasteiger partial charge in [0.2, 0.25) is 0 Å². The molecule has 3 aromatic rings. The first-order valence-electron chi connectivity index (χ1n) is 11.9. The average Bonchev–Trinajstić information content (AvgIpc) is 2.82. The molecule has 38 heavy (non-hydrogen) atoms. The SMILES string of the molecule is CC(C)(C)OC(=O)N1CCC[C@H](Nc2ncnc3c(C(=N)N)cc(-c4ccc(OC(F)(F)F)cc4)nc23)C1. The number of fused-ring (bicyclic) bond motifs is 1. The van der Waals surface area contributed by atoms with Gasteiger partial charge in [0, 0.05) is 30.3 Å². The standard InChI is InChI=1S/C25H28F3N7O3/c1-24(2,3)38-23(36)35-10-4-5-15(12-35)33-22-20-19(31-13-32-22)17(21(29)30)11-18(34-20)14-6-8-16(9-7-14)37-25(26,27)28/h6-9,11,13,15H,4-5,10,12H2,1-3H3,(H3,29,30)(H,31,32,33)/t15-/m0/s1. The normalized spacial score (nSPS) is 16.3. The van der Waals surface area contributed by atoms with Gasteiger partial charge in [-0.3, -0.25) is 5.41 Å². The molecule has 4 rings (SSSR count). The Kier molecular flexibility index (Phi) is 7.29. The van der Waals surface area contributed by atoms with Crippen LogP contribution in [0.1, 0.15) is 39.2 Å². The highest BCUT2D eigenvalue weighted by molar-refractivity contribution is 6.08. The fraction of sp³-hybridized carbons (Fsp3) is 0.400. The molecule has 1 atom stereocenters. The number of ether oxygens (including phenoxy) is 2. The van der Waals surface area contributed by atoms with Crippen molar-refractivity contribution in [3.63, 3.8) is 0 Å². The summed E-state index contributed by atoms with van der Waals surface area (Å²) in [5.74, 6) is -0.243. The molecule has 1 aliphatic heterocycles. The summed E-state index contributed by atoms with van der Waals surface area (Å²) in [5, 5.41) is 11.4. The van der Waals surface area contributed by atoms with Crippen molar-refractivity contribution in [2.45, 2.75) is 51.6 Å². The Bertz CT molecular complexity index is 1340. The van der Waals surface area contributed by atoms with Gasteiger partial charge in [0.1, 0.15) is 34.5 Å². The summed E-state index contributed by atoms with van der Waals surface area (Å²) in [6.45, 7) is 6.39. The van der Waals surface area contributed by atoms with E-state index in [9.17, 15) is 18.0 Å². The van der Waals surface area contributed by atoms with E-state index in [1.807, 2.05) is 20.8 Å². The maximum absolute atomic E-state index is 12.6. The lowest BCUT2D eigenvalue weighted by Crippen LogP contribution is -2.47. The highest BCUT2D eigenvalue weighted by Gasteiger charge is 2.31. The minimum atomic E-state index is -4.80. The van der Waals surface area contributed by atoms with Crippen LogP contribution in [0.4, 0.5) is 23.8 Å². The number of nitrogens with zero attached hydrogens (tertiary/aromatic N) is 4. The molecule has 4 N–H and O–H groups in total. The van der Waals surface area contributed by atoms with Crippen molar-refractivity contribution < 1.29 is 27.4 Å². The third-order valence-corrected chi connectivity index (χ3v) is 5.68. The summed E-state index contributed by atoms with van der Waals surface area (Å²) in [4.78, 5) is 27.5. The monoisotopic (exact) mass is 531 g/mol. The number of benzene rings is 1. The molecular formula is C25H28F3N7O3. The first-order chi connectivity index (χ1) is 17.8. The molecule has 0 saturated carbocycles. The van der Waals surface area contributed by atoms with Crippen LogP contribution in [-0.4, -0.2) is 62.9 Å². The van der Waals surface area contributed by atoms with Gasteiger partial charge in [-0.25, -0.2) is 19.7 Å². The number of rotatable bonds is 5. The third kappa shape index (κ3) is 6.58. The van der Waals surface area contributed by atoms with Crippen LogP contribution in [-0.2, 0) is 4.74 Å². The first kappa shape index (κ1) is 26.9. The van der Waals surface area contributed by atoms with E-state index in [0.29, 0.717) is 46.8 Å². The molecule has 1 aliphatic rings. The number of halogens is 3. The minimum absolute atomic E-state index is 0.153. The molecule has 2 aromatic heterocycles. The van der Waals surface area contributed by atoms with E-state index < -0.39 is 18.1 Å². The van der Waals surface area contributed by atoms with Gasteiger partial charge in [-0.15, -0.1) is 13.2 Å². The van der Waals surface area contributed by atoms with Gasteiger partial charge in [-0.2, -0.15) is 0 Å². The number of alkyl halides is 3. The number of carbonyl (C=O) groups is 1. The number of hydrogen-bond acceptors (Lipinski definition) is 8. The number of likely N-dealkylation sites (tertiary alicyclic amines) is 1. The van der Waals surface area contributed by atoms with Crippen molar-refractivity contribution in [1.82, 2.24) is 19.9 Å². The Morgan fingerprint density at radius 1 is 1.16 bits per heavy atom. The minimum Gasteiger partial charge on any atom is -0.444 e. The van der Waals surface area contributed by atoms with Crippen molar-refractivity contribution in [1.29, 1.82) is 5.41 Å². The van der Waals surface area contributed by atoms with Crippen molar-refractivity contribution >= 4 is 28.8 Å². The molecule has 1 saturated heterocycles. The van der Waals surface area contributed by atoms with Crippen molar-refractivity contribution in [2.24, 2.45) is 5.73 Å². The molecule has 13 heteroatoms. The van der Waals surface area contributed by atoms with Gasteiger partial charge < -0.3 is 25.4 Å². The Morgan fingerprint density at radius 3 is 2.50 bits per heavy atom. The van der Waals surface area contributed by atoms with E-state index in [-0.39, 0.29) is 17.6 Å². The highest BCUT2D eigenvalue weighted by atomic mass is 19.4. The Balaban J connectivity index is 1.65. The van der Waals surface area contributed by atoms with Crippen LogP contribution in [0.2, 0.25) is 0 Å². The zero-order valence-corrected chi connectivity index (χ0v) is 21.1. The molecule has 202 valence electrons. The van der Waals surface area contributed by atoms with Crippen molar-refractivity contribution in [3.8, 4) is 17.0 Å².